The van der Waals surface area contributed by atoms with E-state index in [0.717, 1.165) is 62.8 Å². The van der Waals surface area contributed by atoms with Crippen molar-refractivity contribution in [2.75, 3.05) is 31.1 Å². The normalized spacial score (nSPS) is 26.5. The van der Waals surface area contributed by atoms with E-state index in [2.05, 4.69) is 15.0 Å². The lowest BCUT2D eigenvalue weighted by Gasteiger charge is -2.18. The number of rotatable bonds is 3. The summed E-state index contributed by atoms with van der Waals surface area (Å²) in [6.07, 6.45) is 7.71. The number of aromatic nitrogens is 3. The second-order valence-corrected chi connectivity index (χ2v) is 8.44. The van der Waals surface area contributed by atoms with E-state index >= 15 is 0 Å². The highest BCUT2D eigenvalue weighted by Crippen LogP contribution is 2.43. The van der Waals surface area contributed by atoms with Gasteiger partial charge in [-0.15, -0.1) is 0 Å². The Balaban J connectivity index is 1.22. The van der Waals surface area contributed by atoms with E-state index in [9.17, 15) is 4.79 Å². The molecular formula is C20H23N5O2. The van der Waals surface area contributed by atoms with Gasteiger partial charge in [-0.1, -0.05) is 5.16 Å². The van der Waals surface area contributed by atoms with E-state index in [0.29, 0.717) is 23.4 Å². The lowest BCUT2D eigenvalue weighted by Crippen LogP contribution is -2.30. The first-order valence-electron chi connectivity index (χ1n) is 10.1. The van der Waals surface area contributed by atoms with Gasteiger partial charge in [0.05, 0.1) is 5.69 Å². The SMILES string of the molecule is O=C(c1cc(C2CC2)on1)N1CC2Cc3cnc(N4CCCC4)nc3C2C1. The Morgan fingerprint density at radius 2 is 2.04 bits per heavy atom. The Morgan fingerprint density at radius 3 is 2.85 bits per heavy atom. The number of nitrogens with zero attached hydrogens (tertiary/aromatic N) is 5. The molecule has 0 bridgehead atoms. The first-order valence-corrected chi connectivity index (χ1v) is 10.1. The van der Waals surface area contributed by atoms with E-state index in [4.69, 9.17) is 9.51 Å². The zero-order chi connectivity index (χ0) is 18.0. The first kappa shape index (κ1) is 15.6. The third kappa shape index (κ3) is 2.55. The molecule has 4 heterocycles. The van der Waals surface area contributed by atoms with Gasteiger partial charge in [0.25, 0.3) is 5.91 Å². The van der Waals surface area contributed by atoms with E-state index in [-0.39, 0.29) is 5.91 Å². The number of fused-ring (bicyclic) bond motifs is 3. The van der Waals surface area contributed by atoms with E-state index in [1.807, 2.05) is 17.2 Å². The third-order valence-corrected chi connectivity index (χ3v) is 6.56. The van der Waals surface area contributed by atoms with Crippen molar-refractivity contribution >= 4 is 11.9 Å². The van der Waals surface area contributed by atoms with Crippen LogP contribution in [0.2, 0.25) is 0 Å². The fourth-order valence-corrected chi connectivity index (χ4v) is 4.91. The average molecular weight is 365 g/mol. The van der Waals surface area contributed by atoms with Gasteiger partial charge in [0.15, 0.2) is 5.69 Å². The Kier molecular flexibility index (Phi) is 3.34. The van der Waals surface area contributed by atoms with Crippen LogP contribution in [0.3, 0.4) is 0 Å². The summed E-state index contributed by atoms with van der Waals surface area (Å²) >= 11 is 0. The van der Waals surface area contributed by atoms with Crippen molar-refractivity contribution in [2.24, 2.45) is 5.92 Å². The van der Waals surface area contributed by atoms with Gasteiger partial charge in [0, 0.05) is 50.3 Å². The van der Waals surface area contributed by atoms with Crippen molar-refractivity contribution in [1.29, 1.82) is 0 Å². The average Bonchev–Trinajstić information content (AvgIpc) is 3.13. The fourth-order valence-electron chi connectivity index (χ4n) is 4.91. The maximum Gasteiger partial charge on any atom is 0.276 e. The summed E-state index contributed by atoms with van der Waals surface area (Å²) in [6, 6.07) is 1.84. The largest absolute Gasteiger partial charge is 0.360 e. The van der Waals surface area contributed by atoms with E-state index in [1.165, 1.54) is 18.4 Å². The second-order valence-electron chi connectivity index (χ2n) is 8.44. The monoisotopic (exact) mass is 365 g/mol. The minimum Gasteiger partial charge on any atom is -0.360 e. The summed E-state index contributed by atoms with van der Waals surface area (Å²) in [5, 5.41) is 4.03. The molecule has 2 aromatic heterocycles. The molecule has 27 heavy (non-hydrogen) atoms. The molecule has 4 aliphatic rings. The highest BCUT2D eigenvalue weighted by molar-refractivity contribution is 5.92. The standard InChI is InChI=1S/C20H23N5O2/c26-19(16-8-17(27-23-16)12-3-4-12)25-10-14-7-13-9-21-20(24-5-1-2-6-24)22-18(13)15(14)11-25/h8-9,12,14-15H,1-7,10-11H2. The van der Waals surface area contributed by atoms with E-state index < -0.39 is 0 Å². The molecule has 7 heteroatoms. The maximum atomic E-state index is 12.9. The van der Waals surface area contributed by atoms with Gasteiger partial charge < -0.3 is 14.3 Å². The quantitative estimate of drug-likeness (QED) is 0.831. The summed E-state index contributed by atoms with van der Waals surface area (Å²) in [6.45, 7) is 3.59. The minimum absolute atomic E-state index is 0.00424. The van der Waals surface area contributed by atoms with E-state index in [1.54, 1.807) is 0 Å². The fraction of sp³-hybridized carbons (Fsp3) is 0.600. The van der Waals surface area contributed by atoms with Gasteiger partial charge in [-0.3, -0.25) is 4.79 Å². The molecule has 1 amide bonds. The molecule has 1 saturated carbocycles. The van der Waals surface area contributed by atoms with Crippen LogP contribution in [-0.4, -0.2) is 52.1 Å². The Morgan fingerprint density at radius 1 is 1.19 bits per heavy atom. The van der Waals surface area contributed by atoms with Gasteiger partial charge in [0.2, 0.25) is 5.95 Å². The number of carbonyl (C=O) groups is 1. The number of carbonyl (C=O) groups excluding carboxylic acids is 1. The molecule has 0 aromatic carbocycles. The molecule has 2 aromatic rings. The number of anilines is 1. The van der Waals surface area contributed by atoms with Crippen molar-refractivity contribution < 1.29 is 9.32 Å². The van der Waals surface area contributed by atoms with Crippen molar-refractivity contribution in [3.05, 3.63) is 35.0 Å². The molecule has 2 aliphatic heterocycles. The molecule has 140 valence electrons. The zero-order valence-electron chi connectivity index (χ0n) is 15.3. The third-order valence-electron chi connectivity index (χ3n) is 6.56. The molecule has 6 rings (SSSR count). The Labute approximate surface area is 157 Å². The molecule has 3 fully saturated rings. The molecule has 2 aliphatic carbocycles. The molecule has 2 atom stereocenters. The number of likely N-dealkylation sites (tertiary alicyclic amines) is 1. The highest BCUT2D eigenvalue weighted by atomic mass is 16.5. The van der Waals surface area contributed by atoms with Gasteiger partial charge in [-0.05, 0) is 43.6 Å². The van der Waals surface area contributed by atoms with Crippen LogP contribution in [0.1, 0.15) is 65.0 Å². The second kappa shape index (κ2) is 5.78. The van der Waals surface area contributed by atoms with Gasteiger partial charge in [-0.2, -0.15) is 0 Å². The van der Waals surface area contributed by atoms with Crippen LogP contribution in [0.5, 0.6) is 0 Å². The Hall–Kier alpha value is -2.44. The topological polar surface area (TPSA) is 75.4 Å². The molecule has 0 radical (unpaired) electrons. The molecule has 2 unspecified atom stereocenters. The first-order chi connectivity index (χ1) is 13.3. The summed E-state index contributed by atoms with van der Waals surface area (Å²) < 4.78 is 5.37. The number of hydrogen-bond donors (Lipinski definition) is 0. The van der Waals surface area contributed by atoms with Crippen molar-refractivity contribution in [3.63, 3.8) is 0 Å². The summed E-state index contributed by atoms with van der Waals surface area (Å²) in [4.78, 5) is 26.6. The molecular weight excluding hydrogens is 342 g/mol. The van der Waals surface area contributed by atoms with Crippen LogP contribution >= 0.6 is 0 Å². The van der Waals surface area contributed by atoms with Crippen LogP contribution in [0.25, 0.3) is 0 Å². The highest BCUT2D eigenvalue weighted by Gasteiger charge is 2.44. The number of hydrogen-bond acceptors (Lipinski definition) is 6. The van der Waals surface area contributed by atoms with Crippen LogP contribution < -0.4 is 4.90 Å². The van der Waals surface area contributed by atoms with Crippen LogP contribution in [0.15, 0.2) is 16.8 Å². The van der Waals surface area contributed by atoms with Gasteiger partial charge in [-0.25, -0.2) is 9.97 Å². The van der Waals surface area contributed by atoms with Crippen molar-refractivity contribution in [1.82, 2.24) is 20.0 Å². The number of amides is 1. The van der Waals surface area contributed by atoms with Gasteiger partial charge in [0.1, 0.15) is 5.76 Å². The molecule has 7 nitrogen and oxygen atoms in total. The van der Waals surface area contributed by atoms with Crippen LogP contribution in [0.4, 0.5) is 5.95 Å². The van der Waals surface area contributed by atoms with Crippen molar-refractivity contribution in [2.45, 2.75) is 43.9 Å². The summed E-state index contributed by atoms with van der Waals surface area (Å²) in [5.74, 6) is 2.97. The predicted molar refractivity (Wildman–Crippen MR) is 97.8 cm³/mol. The maximum absolute atomic E-state index is 12.9. The lowest BCUT2D eigenvalue weighted by molar-refractivity contribution is 0.0774. The van der Waals surface area contributed by atoms with Crippen LogP contribution in [0, 0.1) is 5.92 Å². The molecule has 2 saturated heterocycles. The Bertz CT molecular complexity index is 900. The summed E-state index contributed by atoms with van der Waals surface area (Å²) in [5.41, 5.74) is 2.88. The zero-order valence-corrected chi connectivity index (χ0v) is 15.3. The minimum atomic E-state index is -0.00424. The predicted octanol–water partition coefficient (Wildman–Crippen LogP) is 2.35. The molecule has 0 spiro atoms. The van der Waals surface area contributed by atoms with Gasteiger partial charge >= 0.3 is 0 Å². The smallest absolute Gasteiger partial charge is 0.276 e. The summed E-state index contributed by atoms with van der Waals surface area (Å²) in [7, 11) is 0. The van der Waals surface area contributed by atoms with Crippen LogP contribution in [-0.2, 0) is 6.42 Å². The molecule has 0 N–H and O–H groups in total. The van der Waals surface area contributed by atoms with Crippen molar-refractivity contribution in [3.8, 4) is 0 Å². The lowest BCUT2D eigenvalue weighted by atomic mass is 9.99.